The van der Waals surface area contributed by atoms with E-state index in [1.165, 1.54) is 11.3 Å². The van der Waals surface area contributed by atoms with Gasteiger partial charge in [-0.05, 0) is 25.0 Å². The number of hydrogen-bond donors (Lipinski definition) is 1. The van der Waals surface area contributed by atoms with Crippen LogP contribution in [0.2, 0.25) is 0 Å². The minimum absolute atomic E-state index is 0.270. The third-order valence-electron chi connectivity index (χ3n) is 3.23. The van der Waals surface area contributed by atoms with Crippen molar-refractivity contribution in [3.05, 3.63) is 40.8 Å². The number of benzene rings is 1. The number of halogens is 1. The summed E-state index contributed by atoms with van der Waals surface area (Å²) in [5, 5.41) is 0. The Morgan fingerprint density at radius 3 is 3.12 bits per heavy atom. The Balaban J connectivity index is 2.05. The summed E-state index contributed by atoms with van der Waals surface area (Å²) in [5.41, 5.74) is 9.54. The van der Waals surface area contributed by atoms with Crippen molar-refractivity contribution in [3.63, 3.8) is 0 Å². The summed E-state index contributed by atoms with van der Waals surface area (Å²) in [6.07, 6.45) is 3.97. The smallest absolute Gasteiger partial charge is 0.0956 e. The van der Waals surface area contributed by atoms with Crippen LogP contribution in [0.1, 0.15) is 12.1 Å². The fraction of sp³-hybridized carbons (Fsp3) is 0.308. The first kappa shape index (κ1) is 11.0. The molecular weight excluding hydrogens is 278 g/mol. The number of fused-ring (bicyclic) bond motifs is 1. The molecule has 3 rings (SSSR count). The highest BCUT2D eigenvalue weighted by molar-refractivity contribution is 9.10. The second-order valence-electron chi connectivity index (χ2n) is 4.50. The van der Waals surface area contributed by atoms with E-state index in [1.54, 1.807) is 0 Å². The lowest BCUT2D eigenvalue weighted by Crippen LogP contribution is -2.31. The molecule has 0 fully saturated rings. The number of imidazole rings is 1. The molecule has 0 spiro atoms. The maximum Gasteiger partial charge on any atom is 0.0956 e. The molecule has 1 aromatic heterocycles. The van der Waals surface area contributed by atoms with Gasteiger partial charge in [-0.2, -0.15) is 0 Å². The first-order valence-electron chi connectivity index (χ1n) is 5.79. The van der Waals surface area contributed by atoms with E-state index >= 15 is 0 Å². The van der Waals surface area contributed by atoms with Crippen LogP contribution < -0.4 is 5.73 Å². The van der Waals surface area contributed by atoms with Gasteiger partial charge in [0.25, 0.3) is 0 Å². The third-order valence-corrected chi connectivity index (χ3v) is 3.72. The van der Waals surface area contributed by atoms with Gasteiger partial charge in [-0.15, -0.1) is 0 Å². The van der Waals surface area contributed by atoms with Gasteiger partial charge in [0.15, 0.2) is 0 Å². The van der Waals surface area contributed by atoms with Gasteiger partial charge in [-0.3, -0.25) is 0 Å². The highest BCUT2D eigenvalue weighted by Crippen LogP contribution is 2.28. The Hall–Kier alpha value is -1.13. The van der Waals surface area contributed by atoms with Crippen molar-refractivity contribution >= 4 is 15.9 Å². The molecule has 0 aliphatic carbocycles. The largest absolute Gasteiger partial charge is 0.332 e. The predicted octanol–water partition coefficient (Wildman–Crippen LogP) is 2.59. The second-order valence-corrected chi connectivity index (χ2v) is 5.42. The van der Waals surface area contributed by atoms with Crippen LogP contribution in [-0.4, -0.2) is 15.6 Å². The van der Waals surface area contributed by atoms with Crippen LogP contribution in [0, 0.1) is 0 Å². The molecule has 1 unspecified atom stereocenters. The highest BCUT2D eigenvalue weighted by Gasteiger charge is 2.19. The molecule has 0 saturated heterocycles. The molecule has 88 valence electrons. The molecule has 2 N–H and O–H groups in total. The van der Waals surface area contributed by atoms with E-state index in [4.69, 9.17) is 5.73 Å². The van der Waals surface area contributed by atoms with E-state index in [9.17, 15) is 0 Å². The summed E-state index contributed by atoms with van der Waals surface area (Å²) in [6, 6.07) is 8.55. The molecule has 0 bridgehead atoms. The standard InChI is InChI=1S/C13H14BrN3/c14-10-3-1-2-9(6-10)13-12-5-4-11(15)7-17(12)8-16-13/h1-3,6,8,11H,4-5,7,15H2. The van der Waals surface area contributed by atoms with Crippen LogP contribution >= 0.6 is 15.9 Å². The number of hydrogen-bond acceptors (Lipinski definition) is 2. The first-order chi connectivity index (χ1) is 8.24. The molecule has 1 aromatic carbocycles. The van der Waals surface area contributed by atoms with E-state index in [-0.39, 0.29) is 6.04 Å². The summed E-state index contributed by atoms with van der Waals surface area (Å²) in [5.74, 6) is 0. The monoisotopic (exact) mass is 291 g/mol. The van der Waals surface area contributed by atoms with Gasteiger partial charge in [-0.1, -0.05) is 28.1 Å². The summed E-state index contributed by atoms with van der Waals surface area (Å²) >= 11 is 3.50. The number of rotatable bonds is 1. The zero-order valence-corrected chi connectivity index (χ0v) is 11.0. The average Bonchev–Trinajstić information content (AvgIpc) is 2.71. The van der Waals surface area contributed by atoms with Crippen molar-refractivity contribution in [2.24, 2.45) is 5.73 Å². The Morgan fingerprint density at radius 2 is 2.29 bits per heavy atom. The van der Waals surface area contributed by atoms with Crippen LogP contribution in [0.25, 0.3) is 11.3 Å². The lowest BCUT2D eigenvalue weighted by molar-refractivity contribution is 0.461. The van der Waals surface area contributed by atoms with Crippen molar-refractivity contribution in [1.82, 2.24) is 9.55 Å². The molecule has 17 heavy (non-hydrogen) atoms. The summed E-state index contributed by atoms with van der Waals surface area (Å²) in [4.78, 5) is 4.53. The zero-order chi connectivity index (χ0) is 11.8. The van der Waals surface area contributed by atoms with Crippen molar-refractivity contribution in [2.45, 2.75) is 25.4 Å². The molecule has 1 aliphatic rings. The SMILES string of the molecule is NC1CCc2c(-c3cccc(Br)c3)ncn2C1. The summed E-state index contributed by atoms with van der Waals surface area (Å²) in [7, 11) is 0. The van der Waals surface area contributed by atoms with Gasteiger partial charge < -0.3 is 10.3 Å². The summed E-state index contributed by atoms with van der Waals surface area (Å²) < 4.78 is 3.27. The molecule has 0 amide bonds. The molecule has 3 nitrogen and oxygen atoms in total. The molecule has 2 heterocycles. The fourth-order valence-electron chi connectivity index (χ4n) is 2.37. The van der Waals surface area contributed by atoms with E-state index in [0.717, 1.165) is 29.6 Å². The Kier molecular flexibility index (Phi) is 2.76. The van der Waals surface area contributed by atoms with Gasteiger partial charge in [0, 0.05) is 28.3 Å². The van der Waals surface area contributed by atoms with Crippen LogP contribution in [0.5, 0.6) is 0 Å². The number of nitrogens with two attached hydrogens (primary N) is 1. The average molecular weight is 292 g/mol. The van der Waals surface area contributed by atoms with Gasteiger partial charge in [-0.25, -0.2) is 4.98 Å². The predicted molar refractivity (Wildman–Crippen MR) is 71.7 cm³/mol. The third kappa shape index (κ3) is 2.03. The van der Waals surface area contributed by atoms with Crippen molar-refractivity contribution < 1.29 is 0 Å². The molecule has 2 aromatic rings. The minimum Gasteiger partial charge on any atom is -0.332 e. The highest BCUT2D eigenvalue weighted by atomic mass is 79.9. The zero-order valence-electron chi connectivity index (χ0n) is 9.44. The summed E-state index contributed by atoms with van der Waals surface area (Å²) in [6.45, 7) is 0.885. The Morgan fingerprint density at radius 1 is 1.41 bits per heavy atom. The van der Waals surface area contributed by atoms with Crippen LogP contribution in [0.15, 0.2) is 35.1 Å². The molecule has 0 radical (unpaired) electrons. The van der Waals surface area contributed by atoms with Crippen molar-refractivity contribution in [2.75, 3.05) is 0 Å². The molecule has 1 atom stereocenters. The van der Waals surface area contributed by atoms with E-state index in [1.807, 2.05) is 18.5 Å². The maximum absolute atomic E-state index is 5.97. The molecule has 0 saturated carbocycles. The van der Waals surface area contributed by atoms with Crippen molar-refractivity contribution in [1.29, 1.82) is 0 Å². The maximum atomic E-state index is 5.97. The fourth-order valence-corrected chi connectivity index (χ4v) is 2.77. The van der Waals surface area contributed by atoms with Gasteiger partial charge in [0.2, 0.25) is 0 Å². The van der Waals surface area contributed by atoms with E-state index in [2.05, 4.69) is 37.6 Å². The molecule has 4 heteroatoms. The Bertz CT molecular complexity index is 547. The van der Waals surface area contributed by atoms with E-state index < -0.39 is 0 Å². The molecule has 1 aliphatic heterocycles. The quantitative estimate of drug-likeness (QED) is 0.878. The van der Waals surface area contributed by atoms with Crippen LogP contribution in [-0.2, 0) is 13.0 Å². The van der Waals surface area contributed by atoms with Gasteiger partial charge in [0.05, 0.1) is 12.0 Å². The second kappa shape index (κ2) is 4.27. The number of aromatic nitrogens is 2. The molecular formula is C13H14BrN3. The van der Waals surface area contributed by atoms with Crippen molar-refractivity contribution in [3.8, 4) is 11.3 Å². The van der Waals surface area contributed by atoms with E-state index in [0.29, 0.717) is 0 Å². The number of nitrogens with zero attached hydrogens (tertiary/aromatic N) is 2. The normalized spacial score (nSPS) is 19.1. The Labute approximate surface area is 109 Å². The van der Waals surface area contributed by atoms with Crippen LogP contribution in [0.3, 0.4) is 0 Å². The lowest BCUT2D eigenvalue weighted by Gasteiger charge is -2.21. The van der Waals surface area contributed by atoms with Gasteiger partial charge >= 0.3 is 0 Å². The lowest BCUT2D eigenvalue weighted by atomic mass is 10.0. The van der Waals surface area contributed by atoms with Gasteiger partial charge in [0.1, 0.15) is 0 Å². The minimum atomic E-state index is 0.270. The first-order valence-corrected chi connectivity index (χ1v) is 6.59. The van der Waals surface area contributed by atoms with Crippen LogP contribution in [0.4, 0.5) is 0 Å². The topological polar surface area (TPSA) is 43.8 Å².